The van der Waals surface area contributed by atoms with Crippen LogP contribution in [0.2, 0.25) is 0 Å². The minimum atomic E-state index is -0.481. The third kappa shape index (κ3) is 2.43. The SMILES string of the molecule is CC(C)(C)OC(=O)N1C2CCC1c1c(-c3cscn3)n[nH]c1C2. The molecule has 1 amide bonds. The first-order valence-electron chi connectivity index (χ1n) is 7.91. The van der Waals surface area contributed by atoms with Gasteiger partial charge in [0.05, 0.1) is 11.6 Å². The molecule has 6 nitrogen and oxygen atoms in total. The summed E-state index contributed by atoms with van der Waals surface area (Å²) in [6, 6.07) is 0.236. The smallest absolute Gasteiger partial charge is 0.411 e. The van der Waals surface area contributed by atoms with Crippen LogP contribution in [0.3, 0.4) is 0 Å². The Balaban J connectivity index is 1.71. The number of aromatic amines is 1. The molecule has 2 aliphatic heterocycles. The third-order valence-corrected chi connectivity index (χ3v) is 5.02. The molecule has 1 fully saturated rings. The highest BCUT2D eigenvalue weighted by Crippen LogP contribution is 2.46. The molecule has 2 aliphatic rings. The van der Waals surface area contributed by atoms with Crippen LogP contribution in [0.4, 0.5) is 4.79 Å². The molecule has 0 aliphatic carbocycles. The van der Waals surface area contributed by atoms with Gasteiger partial charge in [-0.05, 0) is 33.6 Å². The summed E-state index contributed by atoms with van der Waals surface area (Å²) in [7, 11) is 0. The fourth-order valence-corrected chi connectivity index (χ4v) is 4.16. The molecule has 4 heterocycles. The second-order valence-electron chi connectivity index (χ2n) is 7.18. The molecule has 2 aromatic heterocycles. The van der Waals surface area contributed by atoms with Crippen LogP contribution < -0.4 is 0 Å². The van der Waals surface area contributed by atoms with E-state index in [1.165, 1.54) is 0 Å². The number of nitrogens with one attached hydrogen (secondary N) is 1. The van der Waals surface area contributed by atoms with E-state index in [-0.39, 0.29) is 18.2 Å². The number of nitrogens with zero attached hydrogens (tertiary/aromatic N) is 3. The number of fused-ring (bicyclic) bond motifs is 4. The Morgan fingerprint density at radius 3 is 2.96 bits per heavy atom. The van der Waals surface area contributed by atoms with Crippen LogP contribution in [0.15, 0.2) is 10.9 Å². The summed E-state index contributed by atoms with van der Waals surface area (Å²) in [5.74, 6) is 0. The minimum absolute atomic E-state index is 0.0362. The molecule has 0 spiro atoms. The van der Waals surface area contributed by atoms with E-state index in [1.807, 2.05) is 36.6 Å². The van der Waals surface area contributed by atoms with Crippen molar-refractivity contribution in [2.24, 2.45) is 0 Å². The molecule has 2 bridgehead atoms. The Morgan fingerprint density at radius 2 is 2.26 bits per heavy atom. The number of thiazole rings is 1. The fraction of sp³-hybridized carbons (Fsp3) is 0.562. The number of rotatable bonds is 1. The van der Waals surface area contributed by atoms with Gasteiger partial charge in [-0.3, -0.25) is 10.00 Å². The number of ether oxygens (including phenoxy) is 1. The summed E-state index contributed by atoms with van der Waals surface area (Å²) in [4.78, 5) is 19.0. The van der Waals surface area contributed by atoms with Crippen molar-refractivity contribution in [3.63, 3.8) is 0 Å². The van der Waals surface area contributed by atoms with Crippen molar-refractivity contribution in [2.45, 2.75) is 57.7 Å². The van der Waals surface area contributed by atoms with Gasteiger partial charge in [0, 0.05) is 29.1 Å². The standard InChI is InChI=1S/C16H20N4O2S/c1-16(2,3)22-15(21)20-9-4-5-12(20)13-10(6-9)18-19-14(13)11-7-23-8-17-11/h7-9,12H,4-6H2,1-3H3,(H,18,19). The molecule has 0 saturated carbocycles. The van der Waals surface area contributed by atoms with Gasteiger partial charge in [0.25, 0.3) is 0 Å². The summed E-state index contributed by atoms with van der Waals surface area (Å²) >= 11 is 1.55. The first kappa shape index (κ1) is 14.7. The predicted molar refractivity (Wildman–Crippen MR) is 87.2 cm³/mol. The quantitative estimate of drug-likeness (QED) is 0.867. The first-order valence-corrected chi connectivity index (χ1v) is 8.85. The number of hydrogen-bond acceptors (Lipinski definition) is 5. The Hall–Kier alpha value is -1.89. The number of hydrogen-bond donors (Lipinski definition) is 1. The van der Waals surface area contributed by atoms with Crippen LogP contribution in [-0.2, 0) is 11.2 Å². The lowest BCUT2D eigenvalue weighted by molar-refractivity contribution is 0.0124. The molecule has 23 heavy (non-hydrogen) atoms. The summed E-state index contributed by atoms with van der Waals surface area (Å²) in [6.07, 6.45) is 2.54. The largest absolute Gasteiger partial charge is 0.444 e. The van der Waals surface area contributed by atoms with Gasteiger partial charge in [-0.15, -0.1) is 11.3 Å². The number of carbonyl (C=O) groups excluding carboxylic acids is 1. The normalized spacial score (nSPS) is 23.0. The van der Waals surface area contributed by atoms with Crippen molar-refractivity contribution in [1.82, 2.24) is 20.1 Å². The average Bonchev–Trinajstić information content (AvgIpc) is 3.15. The van der Waals surface area contributed by atoms with Crippen LogP contribution in [0, 0.1) is 0 Å². The zero-order valence-corrected chi connectivity index (χ0v) is 14.3. The highest BCUT2D eigenvalue weighted by Gasteiger charge is 2.46. The van der Waals surface area contributed by atoms with Gasteiger partial charge >= 0.3 is 6.09 Å². The predicted octanol–water partition coefficient (Wildman–Crippen LogP) is 3.53. The van der Waals surface area contributed by atoms with Crippen LogP contribution in [-0.4, -0.2) is 37.8 Å². The maximum Gasteiger partial charge on any atom is 0.411 e. The first-order chi connectivity index (χ1) is 10.9. The molecule has 2 atom stereocenters. The molecule has 1 N–H and O–H groups in total. The van der Waals surface area contributed by atoms with Gasteiger partial charge in [-0.1, -0.05) is 0 Å². The third-order valence-electron chi connectivity index (χ3n) is 4.44. The van der Waals surface area contributed by atoms with Crippen LogP contribution >= 0.6 is 11.3 Å². The molecule has 2 unspecified atom stereocenters. The van der Waals surface area contributed by atoms with Crippen molar-refractivity contribution in [1.29, 1.82) is 0 Å². The summed E-state index contributed by atoms with van der Waals surface area (Å²) < 4.78 is 5.62. The Labute approximate surface area is 138 Å². The van der Waals surface area contributed by atoms with E-state index >= 15 is 0 Å². The van der Waals surface area contributed by atoms with Crippen LogP contribution in [0.5, 0.6) is 0 Å². The van der Waals surface area contributed by atoms with Crippen LogP contribution in [0.1, 0.15) is 50.9 Å². The topological polar surface area (TPSA) is 71.1 Å². The molecule has 0 aromatic carbocycles. The van der Waals surface area contributed by atoms with Gasteiger partial charge in [-0.25, -0.2) is 9.78 Å². The fourth-order valence-electron chi connectivity index (χ4n) is 3.62. The molecular formula is C16H20N4O2S. The van der Waals surface area contributed by atoms with Crippen molar-refractivity contribution < 1.29 is 9.53 Å². The van der Waals surface area contributed by atoms with Crippen molar-refractivity contribution >= 4 is 17.4 Å². The average molecular weight is 332 g/mol. The maximum absolute atomic E-state index is 12.7. The van der Waals surface area contributed by atoms with Crippen molar-refractivity contribution in [3.8, 4) is 11.4 Å². The zero-order chi connectivity index (χ0) is 16.2. The maximum atomic E-state index is 12.7. The highest BCUT2D eigenvalue weighted by molar-refractivity contribution is 7.07. The Morgan fingerprint density at radius 1 is 1.43 bits per heavy atom. The number of aromatic nitrogens is 3. The van der Waals surface area contributed by atoms with E-state index in [4.69, 9.17) is 4.74 Å². The summed E-state index contributed by atoms with van der Waals surface area (Å²) in [6.45, 7) is 5.71. The Bertz CT molecular complexity index is 732. The van der Waals surface area contributed by atoms with E-state index in [9.17, 15) is 4.79 Å². The van der Waals surface area contributed by atoms with E-state index in [1.54, 1.807) is 11.3 Å². The number of H-pyrrole nitrogens is 1. The monoisotopic (exact) mass is 332 g/mol. The van der Waals surface area contributed by atoms with Gasteiger partial charge in [0.2, 0.25) is 0 Å². The lowest BCUT2D eigenvalue weighted by Crippen LogP contribution is -2.44. The second-order valence-corrected chi connectivity index (χ2v) is 7.90. The number of carbonyl (C=O) groups is 1. The van der Waals surface area contributed by atoms with E-state index in [0.717, 1.165) is 41.9 Å². The second kappa shape index (κ2) is 5.06. The minimum Gasteiger partial charge on any atom is -0.444 e. The molecular weight excluding hydrogens is 312 g/mol. The van der Waals surface area contributed by atoms with Crippen molar-refractivity contribution in [3.05, 3.63) is 22.1 Å². The van der Waals surface area contributed by atoms with Crippen LogP contribution in [0.25, 0.3) is 11.4 Å². The van der Waals surface area contributed by atoms with Gasteiger partial charge in [0.1, 0.15) is 17.0 Å². The van der Waals surface area contributed by atoms with Gasteiger partial charge in [0.15, 0.2) is 0 Å². The Kier molecular flexibility index (Phi) is 3.23. The molecule has 0 radical (unpaired) electrons. The zero-order valence-electron chi connectivity index (χ0n) is 13.5. The molecule has 7 heteroatoms. The van der Waals surface area contributed by atoms with Crippen molar-refractivity contribution in [2.75, 3.05) is 0 Å². The summed E-state index contributed by atoms with van der Waals surface area (Å²) in [5.41, 5.74) is 5.34. The van der Waals surface area contributed by atoms with E-state index in [2.05, 4.69) is 15.2 Å². The number of amides is 1. The summed E-state index contributed by atoms with van der Waals surface area (Å²) in [5, 5.41) is 9.62. The lowest BCUT2D eigenvalue weighted by Gasteiger charge is -2.36. The van der Waals surface area contributed by atoms with E-state index in [0.29, 0.717) is 0 Å². The lowest BCUT2D eigenvalue weighted by atomic mass is 9.97. The molecule has 1 saturated heterocycles. The van der Waals surface area contributed by atoms with Gasteiger partial charge < -0.3 is 4.74 Å². The highest BCUT2D eigenvalue weighted by atomic mass is 32.1. The van der Waals surface area contributed by atoms with Gasteiger partial charge in [-0.2, -0.15) is 5.10 Å². The molecule has 4 rings (SSSR count). The molecule has 2 aromatic rings. The van der Waals surface area contributed by atoms with E-state index < -0.39 is 5.60 Å². The molecule has 122 valence electrons.